The second-order valence-electron chi connectivity index (χ2n) is 5.40. The first-order valence-corrected chi connectivity index (χ1v) is 7.85. The highest BCUT2D eigenvalue weighted by Crippen LogP contribution is 2.35. The molecule has 2 aromatic rings. The van der Waals surface area contributed by atoms with E-state index in [9.17, 15) is 10.0 Å². The standard InChI is InChI=1S/C20H21NO5/c1-13(21-23)16-9-6-10-17(18(12-24-2)20(22)26-4)19(16)14-7-5-8-15(11-14)25-3/h5-12,23H,1-4H3/b18-12+,21-13?. The lowest BCUT2D eigenvalue weighted by Gasteiger charge is -2.16. The topological polar surface area (TPSA) is 77.4 Å². The minimum absolute atomic E-state index is 0.250. The Kier molecular flexibility index (Phi) is 6.38. The van der Waals surface area contributed by atoms with Crippen molar-refractivity contribution in [2.75, 3.05) is 21.3 Å². The molecule has 0 aromatic heterocycles. The minimum atomic E-state index is -0.535. The van der Waals surface area contributed by atoms with Crippen LogP contribution in [0.5, 0.6) is 5.75 Å². The largest absolute Gasteiger partial charge is 0.503 e. The number of carbonyl (C=O) groups excluding carboxylic acids is 1. The molecule has 6 heteroatoms. The summed E-state index contributed by atoms with van der Waals surface area (Å²) in [5, 5.41) is 12.6. The Morgan fingerprint density at radius 2 is 1.77 bits per heavy atom. The van der Waals surface area contributed by atoms with E-state index in [0.29, 0.717) is 28.2 Å². The van der Waals surface area contributed by atoms with Crippen LogP contribution in [0.2, 0.25) is 0 Å². The van der Waals surface area contributed by atoms with Crippen LogP contribution in [0.1, 0.15) is 18.1 Å². The van der Waals surface area contributed by atoms with Crippen LogP contribution in [-0.2, 0) is 14.3 Å². The van der Waals surface area contributed by atoms with E-state index in [2.05, 4.69) is 5.16 Å². The number of methoxy groups -OCH3 is 3. The van der Waals surface area contributed by atoms with Crippen molar-refractivity contribution in [1.29, 1.82) is 0 Å². The van der Waals surface area contributed by atoms with Crippen LogP contribution in [0.4, 0.5) is 0 Å². The molecule has 2 aromatic carbocycles. The van der Waals surface area contributed by atoms with Gasteiger partial charge in [-0.1, -0.05) is 35.5 Å². The first kappa shape index (κ1) is 19.1. The number of ether oxygens (including phenoxy) is 3. The SMILES string of the molecule is CO/C=C(/C(=O)OC)c1cccc(C(C)=NO)c1-c1cccc(OC)c1. The minimum Gasteiger partial charge on any atom is -0.503 e. The summed E-state index contributed by atoms with van der Waals surface area (Å²) >= 11 is 0. The third kappa shape index (κ3) is 3.85. The first-order chi connectivity index (χ1) is 12.6. The maximum atomic E-state index is 12.3. The van der Waals surface area contributed by atoms with Crippen molar-refractivity contribution in [3.63, 3.8) is 0 Å². The maximum Gasteiger partial charge on any atom is 0.341 e. The fourth-order valence-corrected chi connectivity index (χ4v) is 2.67. The molecule has 0 fully saturated rings. The van der Waals surface area contributed by atoms with Gasteiger partial charge < -0.3 is 19.4 Å². The van der Waals surface area contributed by atoms with Crippen molar-refractivity contribution < 1.29 is 24.2 Å². The lowest BCUT2D eigenvalue weighted by molar-refractivity contribution is -0.133. The molecule has 0 bridgehead atoms. The van der Waals surface area contributed by atoms with Crippen LogP contribution < -0.4 is 4.74 Å². The number of hydrogen-bond donors (Lipinski definition) is 1. The van der Waals surface area contributed by atoms with Crippen LogP contribution in [0.3, 0.4) is 0 Å². The van der Waals surface area contributed by atoms with Crippen LogP contribution in [-0.4, -0.2) is 38.2 Å². The van der Waals surface area contributed by atoms with Gasteiger partial charge in [0.05, 0.1) is 33.3 Å². The van der Waals surface area contributed by atoms with Gasteiger partial charge in [0, 0.05) is 11.1 Å². The number of rotatable bonds is 6. The summed E-state index contributed by atoms with van der Waals surface area (Å²) < 4.78 is 15.3. The smallest absolute Gasteiger partial charge is 0.341 e. The Hall–Kier alpha value is -3.28. The third-order valence-corrected chi connectivity index (χ3v) is 3.89. The van der Waals surface area contributed by atoms with E-state index in [0.717, 1.165) is 5.56 Å². The van der Waals surface area contributed by atoms with Crippen LogP contribution >= 0.6 is 0 Å². The highest BCUT2D eigenvalue weighted by atomic mass is 16.5. The number of carbonyl (C=O) groups is 1. The molecular formula is C20H21NO5. The molecule has 2 rings (SSSR count). The molecule has 0 amide bonds. The Labute approximate surface area is 152 Å². The number of oxime groups is 1. The Morgan fingerprint density at radius 3 is 2.38 bits per heavy atom. The Bertz CT molecular complexity index is 855. The van der Waals surface area contributed by atoms with Gasteiger partial charge >= 0.3 is 5.97 Å². The molecule has 0 saturated carbocycles. The van der Waals surface area contributed by atoms with Gasteiger partial charge in [-0.15, -0.1) is 0 Å². The maximum absolute atomic E-state index is 12.3. The molecule has 136 valence electrons. The zero-order chi connectivity index (χ0) is 19.1. The van der Waals surface area contributed by atoms with Gasteiger partial charge in [-0.05, 0) is 30.2 Å². The fraction of sp³-hybridized carbons (Fsp3) is 0.200. The van der Waals surface area contributed by atoms with Crippen LogP contribution in [0, 0.1) is 0 Å². The summed E-state index contributed by atoms with van der Waals surface area (Å²) in [4.78, 5) is 12.3. The number of benzene rings is 2. The van der Waals surface area contributed by atoms with Gasteiger partial charge in [-0.3, -0.25) is 0 Å². The molecule has 6 nitrogen and oxygen atoms in total. The lowest BCUT2D eigenvalue weighted by Crippen LogP contribution is -2.08. The zero-order valence-electron chi connectivity index (χ0n) is 15.1. The molecule has 0 unspecified atom stereocenters. The molecule has 0 atom stereocenters. The Morgan fingerprint density at radius 1 is 1.08 bits per heavy atom. The molecule has 1 N–H and O–H groups in total. The molecule has 0 radical (unpaired) electrons. The number of hydrogen-bond acceptors (Lipinski definition) is 6. The van der Waals surface area contributed by atoms with E-state index in [1.54, 1.807) is 26.2 Å². The van der Waals surface area contributed by atoms with Crippen molar-refractivity contribution >= 4 is 17.3 Å². The van der Waals surface area contributed by atoms with Gasteiger partial charge in [0.15, 0.2) is 0 Å². The summed E-state index contributed by atoms with van der Waals surface area (Å²) in [6.45, 7) is 1.68. The predicted octanol–water partition coefficient (Wildman–Crippen LogP) is 3.72. The predicted molar refractivity (Wildman–Crippen MR) is 99.4 cm³/mol. The van der Waals surface area contributed by atoms with E-state index in [1.165, 1.54) is 20.5 Å². The van der Waals surface area contributed by atoms with Crippen LogP contribution in [0.15, 0.2) is 53.9 Å². The van der Waals surface area contributed by atoms with E-state index in [1.807, 2.05) is 30.3 Å². The number of esters is 1. The number of nitrogens with zero attached hydrogens (tertiary/aromatic N) is 1. The van der Waals surface area contributed by atoms with Crippen LogP contribution in [0.25, 0.3) is 16.7 Å². The molecular weight excluding hydrogens is 334 g/mol. The second-order valence-corrected chi connectivity index (χ2v) is 5.40. The van der Waals surface area contributed by atoms with Gasteiger partial charge in [-0.25, -0.2) is 4.79 Å². The average Bonchev–Trinajstić information content (AvgIpc) is 2.70. The van der Waals surface area contributed by atoms with E-state index >= 15 is 0 Å². The summed E-state index contributed by atoms with van der Waals surface area (Å²) in [6.07, 6.45) is 1.33. The second kappa shape index (κ2) is 8.71. The van der Waals surface area contributed by atoms with Crippen molar-refractivity contribution in [3.8, 4) is 16.9 Å². The molecule has 0 saturated heterocycles. The summed E-state index contributed by atoms with van der Waals surface area (Å²) in [5.41, 5.74) is 3.42. The first-order valence-electron chi connectivity index (χ1n) is 7.85. The summed E-state index contributed by atoms with van der Waals surface area (Å²) in [6, 6.07) is 12.8. The normalized spacial score (nSPS) is 11.8. The quantitative estimate of drug-likeness (QED) is 0.213. The summed E-state index contributed by atoms with van der Waals surface area (Å²) in [7, 11) is 4.34. The van der Waals surface area contributed by atoms with Crippen molar-refractivity contribution in [2.45, 2.75) is 6.92 Å². The Balaban J connectivity index is 2.85. The zero-order valence-corrected chi connectivity index (χ0v) is 15.1. The molecule has 0 heterocycles. The van der Waals surface area contributed by atoms with Crippen molar-refractivity contribution in [2.24, 2.45) is 5.16 Å². The average molecular weight is 355 g/mol. The van der Waals surface area contributed by atoms with Gasteiger partial charge in [0.25, 0.3) is 0 Å². The van der Waals surface area contributed by atoms with Crippen molar-refractivity contribution in [3.05, 3.63) is 59.9 Å². The molecule has 0 aliphatic rings. The van der Waals surface area contributed by atoms with E-state index in [-0.39, 0.29) is 5.57 Å². The van der Waals surface area contributed by atoms with E-state index < -0.39 is 5.97 Å². The fourth-order valence-electron chi connectivity index (χ4n) is 2.67. The van der Waals surface area contributed by atoms with Crippen molar-refractivity contribution in [1.82, 2.24) is 0 Å². The molecule has 0 spiro atoms. The van der Waals surface area contributed by atoms with E-state index in [4.69, 9.17) is 14.2 Å². The van der Waals surface area contributed by atoms with Gasteiger partial charge in [-0.2, -0.15) is 0 Å². The van der Waals surface area contributed by atoms with Gasteiger partial charge in [0.1, 0.15) is 11.3 Å². The molecule has 26 heavy (non-hydrogen) atoms. The molecule has 0 aliphatic carbocycles. The third-order valence-electron chi connectivity index (χ3n) is 3.89. The lowest BCUT2D eigenvalue weighted by atomic mass is 9.89. The highest BCUT2D eigenvalue weighted by molar-refractivity contribution is 6.19. The van der Waals surface area contributed by atoms with Gasteiger partial charge in [0.2, 0.25) is 0 Å². The summed E-state index contributed by atoms with van der Waals surface area (Å²) in [5.74, 6) is 0.129. The monoisotopic (exact) mass is 355 g/mol. The molecule has 0 aliphatic heterocycles. The highest BCUT2D eigenvalue weighted by Gasteiger charge is 2.21.